The van der Waals surface area contributed by atoms with Crippen molar-refractivity contribution in [3.63, 3.8) is 0 Å². The van der Waals surface area contributed by atoms with Crippen molar-refractivity contribution in [3.8, 4) is 0 Å². The van der Waals surface area contributed by atoms with Crippen LogP contribution in [0.2, 0.25) is 0 Å². The van der Waals surface area contributed by atoms with Crippen LogP contribution in [0, 0.1) is 0 Å². The summed E-state index contributed by atoms with van der Waals surface area (Å²) >= 11 is 0. The van der Waals surface area contributed by atoms with Gasteiger partial charge in [0.15, 0.2) is 0 Å². The molecule has 0 aliphatic carbocycles. The van der Waals surface area contributed by atoms with Crippen LogP contribution < -0.4 is 0 Å². The summed E-state index contributed by atoms with van der Waals surface area (Å²) in [7, 11) is 0. The summed E-state index contributed by atoms with van der Waals surface area (Å²) < 4.78 is 10.4. The van der Waals surface area contributed by atoms with E-state index in [-0.39, 0.29) is 13.2 Å². The number of rotatable bonds is 1. The van der Waals surface area contributed by atoms with Crippen molar-refractivity contribution >= 4 is 6.09 Å². The molecule has 0 aromatic rings. The zero-order valence-electron chi connectivity index (χ0n) is 10.6. The Labute approximate surface area is 101 Å². The Balaban J connectivity index is 2.66. The van der Waals surface area contributed by atoms with Crippen LogP contribution in [-0.2, 0) is 9.47 Å². The van der Waals surface area contributed by atoms with E-state index < -0.39 is 23.9 Å². The summed E-state index contributed by atoms with van der Waals surface area (Å²) in [6, 6.07) is 0. The fraction of sp³-hybridized carbons (Fsp3) is 0.909. The Bertz CT molecular complexity index is 276. The van der Waals surface area contributed by atoms with Crippen molar-refractivity contribution < 1.29 is 24.5 Å². The van der Waals surface area contributed by atoms with Gasteiger partial charge in [-0.2, -0.15) is 0 Å². The molecule has 1 atom stereocenters. The van der Waals surface area contributed by atoms with Gasteiger partial charge >= 0.3 is 6.09 Å². The molecule has 17 heavy (non-hydrogen) atoms. The van der Waals surface area contributed by atoms with Crippen molar-refractivity contribution in [1.29, 1.82) is 0 Å². The van der Waals surface area contributed by atoms with Gasteiger partial charge in [-0.05, 0) is 20.8 Å². The van der Waals surface area contributed by atoms with Crippen LogP contribution >= 0.6 is 0 Å². The fourth-order valence-electron chi connectivity index (χ4n) is 1.49. The molecule has 2 N–H and O–H groups in total. The quantitative estimate of drug-likeness (QED) is 0.680. The molecule has 0 aromatic carbocycles. The molecule has 0 aromatic heterocycles. The highest BCUT2D eigenvalue weighted by Crippen LogP contribution is 2.15. The largest absolute Gasteiger partial charge is 0.444 e. The van der Waals surface area contributed by atoms with Gasteiger partial charge in [0, 0.05) is 6.54 Å². The predicted molar refractivity (Wildman–Crippen MR) is 60.7 cm³/mol. The van der Waals surface area contributed by atoms with Gasteiger partial charge < -0.3 is 24.6 Å². The molecule has 1 rings (SSSR count). The van der Waals surface area contributed by atoms with Gasteiger partial charge in [0.2, 0.25) is 0 Å². The first-order valence-electron chi connectivity index (χ1n) is 5.65. The maximum absolute atomic E-state index is 11.8. The first kappa shape index (κ1) is 14.2. The summed E-state index contributed by atoms with van der Waals surface area (Å²) in [5.74, 6) is 0. The number of hydrogen-bond acceptors (Lipinski definition) is 5. The Morgan fingerprint density at radius 3 is 2.71 bits per heavy atom. The molecule has 0 bridgehead atoms. The van der Waals surface area contributed by atoms with Gasteiger partial charge in [-0.1, -0.05) is 0 Å². The van der Waals surface area contributed by atoms with E-state index in [9.17, 15) is 9.90 Å². The molecule has 1 unspecified atom stereocenters. The van der Waals surface area contributed by atoms with E-state index >= 15 is 0 Å². The number of ether oxygens (including phenoxy) is 2. The lowest BCUT2D eigenvalue weighted by atomic mass is 10.1. The second-order valence-corrected chi connectivity index (χ2v) is 5.34. The molecule has 0 radical (unpaired) electrons. The van der Waals surface area contributed by atoms with Crippen LogP contribution in [0.15, 0.2) is 0 Å². The topological polar surface area (TPSA) is 79.2 Å². The van der Waals surface area contributed by atoms with Gasteiger partial charge in [-0.25, -0.2) is 4.79 Å². The third kappa shape index (κ3) is 4.49. The minimum Gasteiger partial charge on any atom is -0.444 e. The molecule has 1 aliphatic rings. The molecular weight excluding hydrogens is 226 g/mol. The van der Waals surface area contributed by atoms with Gasteiger partial charge in [0.05, 0.1) is 26.4 Å². The van der Waals surface area contributed by atoms with Crippen molar-refractivity contribution in [2.24, 2.45) is 0 Å². The van der Waals surface area contributed by atoms with Crippen LogP contribution in [0.25, 0.3) is 0 Å². The highest BCUT2D eigenvalue weighted by Gasteiger charge is 2.35. The summed E-state index contributed by atoms with van der Waals surface area (Å²) in [6.45, 7) is 5.57. The Morgan fingerprint density at radius 2 is 2.18 bits per heavy atom. The number of β-amino-alcohol motifs (C(OH)–C–C–N with tert-alkyl or cyclic N) is 1. The fourth-order valence-corrected chi connectivity index (χ4v) is 1.49. The van der Waals surface area contributed by atoms with Crippen molar-refractivity contribution in [2.75, 3.05) is 32.9 Å². The van der Waals surface area contributed by atoms with Crippen LogP contribution in [0.4, 0.5) is 4.79 Å². The van der Waals surface area contributed by atoms with E-state index in [0.717, 1.165) is 0 Å². The number of aliphatic hydroxyl groups is 2. The lowest BCUT2D eigenvalue weighted by Crippen LogP contribution is -2.50. The summed E-state index contributed by atoms with van der Waals surface area (Å²) in [4.78, 5) is 13.2. The van der Waals surface area contributed by atoms with E-state index in [1.165, 1.54) is 4.90 Å². The maximum Gasteiger partial charge on any atom is 0.410 e. The second-order valence-electron chi connectivity index (χ2n) is 5.34. The zero-order chi connectivity index (χ0) is 13.1. The molecule has 1 fully saturated rings. The van der Waals surface area contributed by atoms with E-state index in [0.29, 0.717) is 13.2 Å². The molecule has 1 amide bonds. The molecule has 1 aliphatic heterocycles. The second kappa shape index (κ2) is 5.20. The number of amides is 1. The van der Waals surface area contributed by atoms with Crippen LogP contribution in [0.1, 0.15) is 20.8 Å². The predicted octanol–water partition coefficient (Wildman–Crippen LogP) is -0.0229. The molecule has 0 saturated carbocycles. The first-order valence-corrected chi connectivity index (χ1v) is 5.65. The minimum absolute atomic E-state index is 0.0123. The molecular formula is C11H21NO5. The Morgan fingerprint density at radius 1 is 1.53 bits per heavy atom. The standard InChI is InChI=1S/C11H21NO5/c1-10(2,3)17-9(14)12-4-5-16-8-11(15,6-12)7-13/h13,15H,4-8H2,1-3H3. The number of aliphatic hydroxyl groups excluding tert-OH is 1. The van der Waals surface area contributed by atoms with Crippen molar-refractivity contribution in [2.45, 2.75) is 32.0 Å². The third-order valence-electron chi connectivity index (χ3n) is 2.31. The van der Waals surface area contributed by atoms with Gasteiger partial charge in [-0.3, -0.25) is 0 Å². The Hall–Kier alpha value is -0.850. The van der Waals surface area contributed by atoms with Gasteiger partial charge in [-0.15, -0.1) is 0 Å². The number of carbonyl (C=O) groups excluding carboxylic acids is 1. The van der Waals surface area contributed by atoms with E-state index in [1.54, 1.807) is 20.8 Å². The lowest BCUT2D eigenvalue weighted by molar-refractivity contribution is -0.0715. The normalized spacial score (nSPS) is 26.5. The highest BCUT2D eigenvalue weighted by atomic mass is 16.6. The number of hydrogen-bond donors (Lipinski definition) is 2. The van der Waals surface area contributed by atoms with E-state index in [1.807, 2.05) is 0 Å². The SMILES string of the molecule is CC(C)(C)OC(=O)N1CCOCC(O)(CO)C1. The van der Waals surface area contributed by atoms with Gasteiger partial charge in [0.1, 0.15) is 11.2 Å². The molecule has 100 valence electrons. The van der Waals surface area contributed by atoms with E-state index in [2.05, 4.69) is 0 Å². The van der Waals surface area contributed by atoms with E-state index in [4.69, 9.17) is 14.6 Å². The monoisotopic (exact) mass is 247 g/mol. The lowest BCUT2D eigenvalue weighted by Gasteiger charge is -2.30. The summed E-state index contributed by atoms with van der Waals surface area (Å²) in [5, 5.41) is 19.1. The smallest absolute Gasteiger partial charge is 0.410 e. The highest BCUT2D eigenvalue weighted by molar-refractivity contribution is 5.68. The average molecular weight is 247 g/mol. The molecule has 1 saturated heterocycles. The minimum atomic E-state index is -1.41. The summed E-state index contributed by atoms with van der Waals surface area (Å²) in [6.07, 6.45) is -0.505. The van der Waals surface area contributed by atoms with Crippen LogP contribution in [0.5, 0.6) is 0 Å². The third-order valence-corrected chi connectivity index (χ3v) is 2.31. The maximum atomic E-state index is 11.8. The van der Waals surface area contributed by atoms with Crippen LogP contribution in [-0.4, -0.2) is 65.3 Å². The first-order chi connectivity index (χ1) is 7.76. The van der Waals surface area contributed by atoms with Crippen molar-refractivity contribution in [1.82, 2.24) is 4.90 Å². The average Bonchev–Trinajstić information content (AvgIpc) is 2.39. The number of carbonyl (C=O) groups is 1. The summed E-state index contributed by atoms with van der Waals surface area (Å²) in [5.41, 5.74) is -1.99. The van der Waals surface area contributed by atoms with Gasteiger partial charge in [0.25, 0.3) is 0 Å². The van der Waals surface area contributed by atoms with Crippen molar-refractivity contribution in [3.05, 3.63) is 0 Å². The number of nitrogens with zero attached hydrogens (tertiary/aromatic N) is 1. The molecule has 0 spiro atoms. The zero-order valence-corrected chi connectivity index (χ0v) is 10.6. The van der Waals surface area contributed by atoms with Crippen LogP contribution in [0.3, 0.4) is 0 Å². The molecule has 6 nitrogen and oxygen atoms in total. The molecule has 1 heterocycles. The Kier molecular flexibility index (Phi) is 4.35. The molecule has 6 heteroatoms.